The number of carbonyl (C=O) groups excluding carboxylic acids is 1. The summed E-state index contributed by atoms with van der Waals surface area (Å²) in [5, 5.41) is 0. The number of Topliss-reactive ketones (excluding diaryl/α,β-unsaturated/α-hetero) is 1. The fourth-order valence-corrected chi connectivity index (χ4v) is 2.03. The number of furan rings is 1. The van der Waals surface area contributed by atoms with E-state index in [1.54, 1.807) is 12.5 Å². The second-order valence-corrected chi connectivity index (χ2v) is 4.21. The maximum absolute atomic E-state index is 12.0. The van der Waals surface area contributed by atoms with Gasteiger partial charge >= 0.3 is 0 Å². The van der Waals surface area contributed by atoms with Crippen molar-refractivity contribution in [2.75, 3.05) is 0 Å². The van der Waals surface area contributed by atoms with Gasteiger partial charge in [0.25, 0.3) is 0 Å². The molecule has 3 nitrogen and oxygen atoms in total. The van der Waals surface area contributed by atoms with Gasteiger partial charge in [-0.2, -0.15) is 0 Å². The molecule has 0 N–H and O–H groups in total. The Labute approximate surface area is 99.0 Å². The van der Waals surface area contributed by atoms with E-state index in [0.29, 0.717) is 19.6 Å². The third-order valence-electron chi connectivity index (χ3n) is 2.99. The fraction of sp³-hybridized carbons (Fsp3) is 0.214. The minimum absolute atomic E-state index is 0.112. The molecule has 0 saturated carbocycles. The molecule has 2 heterocycles. The van der Waals surface area contributed by atoms with Gasteiger partial charge in [-0.25, -0.2) is 0 Å². The van der Waals surface area contributed by atoms with Crippen LogP contribution in [0.3, 0.4) is 0 Å². The first-order valence-corrected chi connectivity index (χ1v) is 5.57. The molecular weight excluding hydrogens is 216 g/mol. The molecule has 1 aromatic heterocycles. The SMILES string of the molecule is O=C(Cc1ccoc1)c1ccc2c(c1)COC2. The van der Waals surface area contributed by atoms with Gasteiger partial charge in [0.05, 0.1) is 25.7 Å². The van der Waals surface area contributed by atoms with Gasteiger partial charge in [-0.1, -0.05) is 12.1 Å². The number of ketones is 1. The summed E-state index contributed by atoms with van der Waals surface area (Å²) < 4.78 is 10.3. The van der Waals surface area contributed by atoms with E-state index in [1.165, 1.54) is 5.56 Å². The van der Waals surface area contributed by atoms with Crippen LogP contribution in [0, 0.1) is 0 Å². The van der Waals surface area contributed by atoms with Crippen molar-refractivity contribution in [3.63, 3.8) is 0 Å². The highest BCUT2D eigenvalue weighted by atomic mass is 16.5. The average molecular weight is 228 g/mol. The van der Waals surface area contributed by atoms with Crippen LogP contribution >= 0.6 is 0 Å². The Hall–Kier alpha value is -1.87. The first kappa shape index (κ1) is 10.3. The molecule has 0 aliphatic carbocycles. The van der Waals surface area contributed by atoms with Gasteiger partial charge in [-0.3, -0.25) is 4.79 Å². The molecule has 1 aliphatic heterocycles. The monoisotopic (exact) mass is 228 g/mol. The van der Waals surface area contributed by atoms with Gasteiger partial charge in [0, 0.05) is 12.0 Å². The van der Waals surface area contributed by atoms with Crippen molar-refractivity contribution >= 4 is 5.78 Å². The zero-order chi connectivity index (χ0) is 11.7. The summed E-state index contributed by atoms with van der Waals surface area (Å²) in [6.45, 7) is 1.27. The Morgan fingerprint density at radius 1 is 1.18 bits per heavy atom. The van der Waals surface area contributed by atoms with Crippen molar-refractivity contribution in [3.8, 4) is 0 Å². The van der Waals surface area contributed by atoms with Gasteiger partial charge in [0.2, 0.25) is 0 Å². The van der Waals surface area contributed by atoms with E-state index in [4.69, 9.17) is 9.15 Å². The number of ether oxygens (including phenoxy) is 1. The van der Waals surface area contributed by atoms with Crippen molar-refractivity contribution in [3.05, 3.63) is 59.0 Å². The van der Waals surface area contributed by atoms with Crippen LogP contribution in [0.15, 0.2) is 41.2 Å². The van der Waals surface area contributed by atoms with E-state index in [2.05, 4.69) is 0 Å². The highest BCUT2D eigenvalue weighted by Crippen LogP contribution is 2.21. The first-order chi connectivity index (χ1) is 8.33. The molecule has 2 aromatic rings. The second kappa shape index (κ2) is 4.18. The van der Waals surface area contributed by atoms with E-state index < -0.39 is 0 Å². The fourth-order valence-electron chi connectivity index (χ4n) is 2.03. The highest BCUT2D eigenvalue weighted by Gasteiger charge is 2.14. The molecule has 0 saturated heterocycles. The zero-order valence-corrected chi connectivity index (χ0v) is 9.31. The quantitative estimate of drug-likeness (QED) is 0.758. The van der Waals surface area contributed by atoms with Crippen molar-refractivity contribution < 1.29 is 13.9 Å². The molecule has 1 aliphatic rings. The molecule has 0 bridgehead atoms. The smallest absolute Gasteiger partial charge is 0.167 e. The molecule has 0 atom stereocenters. The lowest BCUT2D eigenvalue weighted by molar-refractivity contribution is 0.0992. The average Bonchev–Trinajstić information content (AvgIpc) is 2.97. The van der Waals surface area contributed by atoms with Crippen LogP contribution in [0.4, 0.5) is 0 Å². The highest BCUT2D eigenvalue weighted by molar-refractivity contribution is 5.97. The maximum Gasteiger partial charge on any atom is 0.167 e. The molecule has 1 aromatic carbocycles. The number of carbonyl (C=O) groups is 1. The molecule has 0 spiro atoms. The van der Waals surface area contributed by atoms with Crippen LogP contribution in [0.1, 0.15) is 27.0 Å². The van der Waals surface area contributed by atoms with Crippen LogP contribution in [-0.2, 0) is 24.4 Å². The van der Waals surface area contributed by atoms with Crippen LogP contribution < -0.4 is 0 Å². The minimum atomic E-state index is 0.112. The van der Waals surface area contributed by atoms with Crippen molar-refractivity contribution in [2.24, 2.45) is 0 Å². The molecule has 3 heteroatoms. The molecule has 0 fully saturated rings. The van der Waals surface area contributed by atoms with Gasteiger partial charge in [-0.15, -0.1) is 0 Å². The topological polar surface area (TPSA) is 39.4 Å². The van der Waals surface area contributed by atoms with Crippen LogP contribution in [0.2, 0.25) is 0 Å². The predicted molar refractivity (Wildman–Crippen MR) is 61.7 cm³/mol. The maximum atomic E-state index is 12.0. The predicted octanol–water partition coefficient (Wildman–Crippen LogP) is 2.74. The Balaban J connectivity index is 1.82. The number of benzene rings is 1. The summed E-state index contributed by atoms with van der Waals surface area (Å²) in [4.78, 5) is 12.0. The van der Waals surface area contributed by atoms with E-state index >= 15 is 0 Å². The zero-order valence-electron chi connectivity index (χ0n) is 9.31. The van der Waals surface area contributed by atoms with Gasteiger partial charge in [0.15, 0.2) is 5.78 Å². The second-order valence-electron chi connectivity index (χ2n) is 4.21. The number of fused-ring (bicyclic) bond motifs is 1. The third-order valence-corrected chi connectivity index (χ3v) is 2.99. The van der Waals surface area contributed by atoms with Gasteiger partial charge < -0.3 is 9.15 Å². The Morgan fingerprint density at radius 3 is 2.88 bits per heavy atom. The molecule has 3 rings (SSSR count). The van der Waals surface area contributed by atoms with E-state index in [9.17, 15) is 4.79 Å². The van der Waals surface area contributed by atoms with Gasteiger partial charge in [-0.05, 0) is 28.8 Å². The first-order valence-electron chi connectivity index (χ1n) is 5.57. The number of hydrogen-bond acceptors (Lipinski definition) is 3. The molecular formula is C14H12O3. The van der Waals surface area contributed by atoms with Crippen LogP contribution in [-0.4, -0.2) is 5.78 Å². The molecule has 0 radical (unpaired) electrons. The van der Waals surface area contributed by atoms with E-state index in [1.807, 2.05) is 24.3 Å². The Bertz CT molecular complexity index is 541. The lowest BCUT2D eigenvalue weighted by Crippen LogP contribution is -2.03. The molecule has 17 heavy (non-hydrogen) atoms. The summed E-state index contributed by atoms with van der Waals surface area (Å²) in [6.07, 6.45) is 3.57. The Morgan fingerprint density at radius 2 is 2.06 bits per heavy atom. The standard InChI is InChI=1S/C14H12O3/c15-14(5-10-3-4-16-7-10)11-1-2-12-8-17-9-13(12)6-11/h1-4,6-7H,5,8-9H2. The molecule has 0 unspecified atom stereocenters. The largest absolute Gasteiger partial charge is 0.472 e. The van der Waals surface area contributed by atoms with E-state index in [-0.39, 0.29) is 5.78 Å². The van der Waals surface area contributed by atoms with Crippen LogP contribution in [0.25, 0.3) is 0 Å². The van der Waals surface area contributed by atoms with Crippen molar-refractivity contribution in [1.29, 1.82) is 0 Å². The van der Waals surface area contributed by atoms with Crippen molar-refractivity contribution in [2.45, 2.75) is 19.6 Å². The number of rotatable bonds is 3. The lowest BCUT2D eigenvalue weighted by atomic mass is 10.0. The summed E-state index contributed by atoms with van der Waals surface area (Å²) in [5.74, 6) is 0.112. The minimum Gasteiger partial charge on any atom is -0.472 e. The normalized spacial score (nSPS) is 13.6. The lowest BCUT2D eigenvalue weighted by Gasteiger charge is -2.02. The molecule has 86 valence electrons. The summed E-state index contributed by atoms with van der Waals surface area (Å²) >= 11 is 0. The summed E-state index contributed by atoms with van der Waals surface area (Å²) in [7, 11) is 0. The Kier molecular flexibility index (Phi) is 2.53. The summed E-state index contributed by atoms with van der Waals surface area (Å²) in [6, 6.07) is 7.60. The summed E-state index contributed by atoms with van der Waals surface area (Å²) in [5.41, 5.74) is 3.97. The molecule has 0 amide bonds. The third kappa shape index (κ3) is 2.01. The number of hydrogen-bond donors (Lipinski definition) is 0. The van der Waals surface area contributed by atoms with Crippen molar-refractivity contribution in [1.82, 2.24) is 0 Å². The van der Waals surface area contributed by atoms with Gasteiger partial charge in [0.1, 0.15) is 0 Å². The van der Waals surface area contributed by atoms with E-state index in [0.717, 1.165) is 16.7 Å². The van der Waals surface area contributed by atoms with Crippen LogP contribution in [0.5, 0.6) is 0 Å².